The lowest BCUT2D eigenvalue weighted by atomic mass is 9.96. The monoisotopic (exact) mass is 363 g/mol. The molecule has 0 unspecified atom stereocenters. The molecule has 140 valence electrons. The largest absolute Gasteiger partial charge is 0.331 e. The first kappa shape index (κ1) is 17.3. The summed E-state index contributed by atoms with van der Waals surface area (Å²) >= 11 is 0. The first-order valence-electron chi connectivity index (χ1n) is 9.19. The molecule has 4 rings (SSSR count). The number of likely N-dealkylation sites (tertiary alicyclic amines) is 1. The molecule has 0 radical (unpaired) electrons. The number of halogens is 2. The fourth-order valence-electron chi connectivity index (χ4n) is 3.65. The highest BCUT2D eigenvalue weighted by Crippen LogP contribution is 2.35. The summed E-state index contributed by atoms with van der Waals surface area (Å²) in [6, 6.07) is 1.58. The van der Waals surface area contributed by atoms with Gasteiger partial charge in [0.05, 0.1) is 12.9 Å². The van der Waals surface area contributed by atoms with E-state index in [9.17, 15) is 13.6 Å². The predicted molar refractivity (Wildman–Crippen MR) is 92.0 cm³/mol. The van der Waals surface area contributed by atoms with Crippen LogP contribution in [-0.2, 0) is 13.1 Å². The third-order valence-corrected chi connectivity index (χ3v) is 5.34. The van der Waals surface area contributed by atoms with Crippen LogP contribution < -0.4 is 5.56 Å². The van der Waals surface area contributed by atoms with Crippen LogP contribution in [0, 0.1) is 5.92 Å². The number of imidazole rings is 1. The standard InChI is InChI=1S/C18H23F2N5O/c19-18(20)15-9-17(26)24(12-22-15)10-13-3-6-23(7-4-13)11-16-21-5-8-25(16)14-1-2-14/h5,8-9,12-14,18H,1-4,6-7,10-11H2. The molecule has 0 bridgehead atoms. The van der Waals surface area contributed by atoms with E-state index in [1.54, 1.807) is 0 Å². The van der Waals surface area contributed by atoms with E-state index in [1.165, 1.54) is 23.7 Å². The van der Waals surface area contributed by atoms with Crippen LogP contribution in [0.3, 0.4) is 0 Å². The molecule has 6 nitrogen and oxygen atoms in total. The molecule has 0 N–H and O–H groups in total. The molecule has 1 saturated carbocycles. The fraction of sp³-hybridized carbons (Fsp3) is 0.611. The highest BCUT2D eigenvalue weighted by Gasteiger charge is 2.27. The van der Waals surface area contributed by atoms with Crippen molar-refractivity contribution in [3.05, 3.63) is 46.7 Å². The van der Waals surface area contributed by atoms with Crippen molar-refractivity contribution in [3.8, 4) is 0 Å². The molecule has 26 heavy (non-hydrogen) atoms. The summed E-state index contributed by atoms with van der Waals surface area (Å²) in [6.07, 6.45) is 6.95. The molecule has 2 aromatic heterocycles. The average molecular weight is 363 g/mol. The third-order valence-electron chi connectivity index (χ3n) is 5.34. The number of piperidine rings is 1. The Balaban J connectivity index is 1.31. The summed E-state index contributed by atoms with van der Waals surface area (Å²) in [5, 5.41) is 0. The third kappa shape index (κ3) is 3.85. The quantitative estimate of drug-likeness (QED) is 0.792. The molecule has 1 aliphatic carbocycles. The van der Waals surface area contributed by atoms with E-state index in [0.29, 0.717) is 18.5 Å². The first-order valence-corrected chi connectivity index (χ1v) is 9.19. The van der Waals surface area contributed by atoms with Gasteiger partial charge in [-0.05, 0) is 44.7 Å². The van der Waals surface area contributed by atoms with Crippen molar-refractivity contribution in [2.24, 2.45) is 5.92 Å². The van der Waals surface area contributed by atoms with Gasteiger partial charge in [-0.25, -0.2) is 18.7 Å². The topological polar surface area (TPSA) is 56.0 Å². The van der Waals surface area contributed by atoms with E-state index in [1.807, 2.05) is 6.20 Å². The molecule has 0 amide bonds. The lowest BCUT2D eigenvalue weighted by Crippen LogP contribution is -2.36. The Morgan fingerprint density at radius 2 is 1.92 bits per heavy atom. The minimum absolute atomic E-state index is 0.367. The van der Waals surface area contributed by atoms with E-state index in [0.717, 1.165) is 44.4 Å². The second-order valence-electron chi connectivity index (χ2n) is 7.31. The lowest BCUT2D eigenvalue weighted by Gasteiger charge is -2.32. The van der Waals surface area contributed by atoms with Crippen molar-refractivity contribution in [1.29, 1.82) is 0 Å². The van der Waals surface area contributed by atoms with Gasteiger partial charge in [0.1, 0.15) is 11.5 Å². The van der Waals surface area contributed by atoms with Crippen molar-refractivity contribution in [2.75, 3.05) is 13.1 Å². The Bertz CT molecular complexity index is 806. The smallest absolute Gasteiger partial charge is 0.280 e. The Kier molecular flexibility index (Phi) is 4.84. The van der Waals surface area contributed by atoms with Crippen LogP contribution >= 0.6 is 0 Å². The maximum atomic E-state index is 12.6. The zero-order valence-corrected chi connectivity index (χ0v) is 14.6. The summed E-state index contributed by atoms with van der Waals surface area (Å²) in [5.41, 5.74) is -0.851. The minimum atomic E-state index is -2.70. The number of hydrogen-bond donors (Lipinski definition) is 0. The minimum Gasteiger partial charge on any atom is -0.331 e. The summed E-state index contributed by atoms with van der Waals surface area (Å²) in [6.45, 7) is 3.32. The summed E-state index contributed by atoms with van der Waals surface area (Å²) in [7, 11) is 0. The molecular formula is C18H23F2N5O. The van der Waals surface area contributed by atoms with Gasteiger partial charge in [-0.1, -0.05) is 0 Å². The van der Waals surface area contributed by atoms with Crippen molar-refractivity contribution >= 4 is 0 Å². The van der Waals surface area contributed by atoms with Crippen LogP contribution in [0.2, 0.25) is 0 Å². The van der Waals surface area contributed by atoms with Crippen LogP contribution in [0.1, 0.15) is 49.7 Å². The molecule has 8 heteroatoms. The summed E-state index contributed by atoms with van der Waals surface area (Å²) in [5.74, 6) is 1.50. The molecule has 2 aliphatic rings. The second kappa shape index (κ2) is 7.26. The Labute approximate surface area is 150 Å². The van der Waals surface area contributed by atoms with E-state index >= 15 is 0 Å². The van der Waals surface area contributed by atoms with Gasteiger partial charge in [0.15, 0.2) is 0 Å². The molecule has 1 saturated heterocycles. The maximum absolute atomic E-state index is 12.6. The van der Waals surface area contributed by atoms with E-state index in [-0.39, 0.29) is 0 Å². The number of rotatable bonds is 6. The molecule has 0 atom stereocenters. The van der Waals surface area contributed by atoms with Crippen LogP contribution in [0.4, 0.5) is 8.78 Å². The SMILES string of the molecule is O=c1cc(C(F)F)ncn1CC1CCN(Cc2nccn2C2CC2)CC1. The summed E-state index contributed by atoms with van der Waals surface area (Å²) in [4.78, 5) is 22.6. The van der Waals surface area contributed by atoms with Gasteiger partial charge >= 0.3 is 0 Å². The molecular weight excluding hydrogens is 340 g/mol. The Hall–Kier alpha value is -2.09. The number of aromatic nitrogens is 4. The maximum Gasteiger partial charge on any atom is 0.280 e. The van der Waals surface area contributed by atoms with Crippen LogP contribution in [0.15, 0.2) is 29.6 Å². The zero-order chi connectivity index (χ0) is 18.1. The van der Waals surface area contributed by atoms with Gasteiger partial charge in [-0.15, -0.1) is 0 Å². The molecule has 2 fully saturated rings. The van der Waals surface area contributed by atoms with Gasteiger partial charge < -0.3 is 4.57 Å². The normalized spacial score (nSPS) is 19.3. The summed E-state index contributed by atoms with van der Waals surface area (Å²) < 4.78 is 28.9. The molecule has 2 aromatic rings. The van der Waals surface area contributed by atoms with E-state index < -0.39 is 17.7 Å². The number of alkyl halides is 2. The Morgan fingerprint density at radius 1 is 1.15 bits per heavy atom. The molecule has 0 spiro atoms. The van der Waals surface area contributed by atoms with Gasteiger partial charge in [-0.2, -0.15) is 0 Å². The Morgan fingerprint density at radius 3 is 2.58 bits per heavy atom. The highest BCUT2D eigenvalue weighted by atomic mass is 19.3. The average Bonchev–Trinajstić information content (AvgIpc) is 3.37. The van der Waals surface area contributed by atoms with Crippen LogP contribution in [0.25, 0.3) is 0 Å². The molecule has 0 aromatic carbocycles. The van der Waals surface area contributed by atoms with Crippen molar-refractivity contribution in [1.82, 2.24) is 24.0 Å². The predicted octanol–water partition coefficient (Wildman–Crippen LogP) is 2.62. The van der Waals surface area contributed by atoms with Crippen molar-refractivity contribution in [3.63, 3.8) is 0 Å². The lowest BCUT2D eigenvalue weighted by molar-refractivity contribution is 0.144. The van der Waals surface area contributed by atoms with Crippen molar-refractivity contribution < 1.29 is 8.78 Å². The van der Waals surface area contributed by atoms with Gasteiger partial charge in [-0.3, -0.25) is 14.3 Å². The van der Waals surface area contributed by atoms with Gasteiger partial charge in [0.25, 0.3) is 12.0 Å². The number of hydrogen-bond acceptors (Lipinski definition) is 4. The zero-order valence-electron chi connectivity index (χ0n) is 14.6. The van der Waals surface area contributed by atoms with E-state index in [4.69, 9.17) is 0 Å². The van der Waals surface area contributed by atoms with Crippen LogP contribution in [0.5, 0.6) is 0 Å². The van der Waals surface area contributed by atoms with Gasteiger partial charge in [0, 0.05) is 31.0 Å². The van der Waals surface area contributed by atoms with Crippen LogP contribution in [-0.4, -0.2) is 37.1 Å². The molecule has 1 aliphatic heterocycles. The van der Waals surface area contributed by atoms with Crippen molar-refractivity contribution in [2.45, 2.75) is 51.2 Å². The van der Waals surface area contributed by atoms with Gasteiger partial charge in [0.2, 0.25) is 0 Å². The van der Waals surface area contributed by atoms with E-state index in [2.05, 4.69) is 25.6 Å². The molecule has 3 heterocycles. The highest BCUT2D eigenvalue weighted by molar-refractivity contribution is 5.01. The first-order chi connectivity index (χ1) is 12.6. The second-order valence-corrected chi connectivity index (χ2v) is 7.31. The number of nitrogens with zero attached hydrogens (tertiary/aromatic N) is 5. The fourth-order valence-corrected chi connectivity index (χ4v) is 3.65.